The lowest BCUT2D eigenvalue weighted by Crippen LogP contribution is -2.08. The molecule has 0 saturated heterocycles. The van der Waals surface area contributed by atoms with Crippen molar-refractivity contribution in [3.05, 3.63) is 23.7 Å². The molecule has 2 aromatic heterocycles. The van der Waals surface area contributed by atoms with Crippen LogP contribution in [-0.2, 0) is 4.74 Å². The van der Waals surface area contributed by atoms with E-state index in [9.17, 15) is 9.90 Å². The fraction of sp³-hybridized carbons (Fsp3) is 0.273. The summed E-state index contributed by atoms with van der Waals surface area (Å²) in [5, 5.41) is 10.5. The van der Waals surface area contributed by atoms with Crippen LogP contribution in [0.4, 0.5) is 0 Å². The number of carbonyl (C=O) groups excluding carboxylic acids is 1. The van der Waals surface area contributed by atoms with Crippen molar-refractivity contribution in [1.29, 1.82) is 0 Å². The summed E-state index contributed by atoms with van der Waals surface area (Å²) in [6, 6.07) is 1.70. The number of nitrogens with zero attached hydrogens (tertiary/aromatic N) is 1. The number of esters is 1. The number of carbonyl (C=O) groups is 1. The highest BCUT2D eigenvalue weighted by Crippen LogP contribution is 2.28. The number of ether oxygens (including phenoxy) is 1. The quantitative estimate of drug-likeness (QED) is 0.756. The predicted octanol–water partition coefficient (Wildman–Crippen LogP) is 1.75. The summed E-state index contributed by atoms with van der Waals surface area (Å²) >= 11 is 0. The molecule has 0 aliphatic rings. The second-order valence-electron chi connectivity index (χ2n) is 3.38. The van der Waals surface area contributed by atoms with Crippen LogP contribution >= 0.6 is 0 Å². The third-order valence-electron chi connectivity index (χ3n) is 2.34. The van der Waals surface area contributed by atoms with E-state index < -0.39 is 5.97 Å². The normalized spacial score (nSPS) is 10.6. The second kappa shape index (κ2) is 3.84. The summed E-state index contributed by atoms with van der Waals surface area (Å²) in [4.78, 5) is 18.5. The number of hydrogen-bond donors (Lipinski definition) is 2. The van der Waals surface area contributed by atoms with Gasteiger partial charge < -0.3 is 14.8 Å². The molecule has 2 aromatic rings. The van der Waals surface area contributed by atoms with Crippen LogP contribution in [0.1, 0.15) is 23.1 Å². The zero-order valence-electron chi connectivity index (χ0n) is 9.07. The number of aromatic amines is 1. The van der Waals surface area contributed by atoms with Crippen molar-refractivity contribution in [1.82, 2.24) is 9.97 Å². The van der Waals surface area contributed by atoms with E-state index >= 15 is 0 Å². The number of rotatable bonds is 2. The van der Waals surface area contributed by atoms with Gasteiger partial charge in [0.05, 0.1) is 17.8 Å². The summed E-state index contributed by atoms with van der Waals surface area (Å²) in [5.41, 5.74) is 1.35. The summed E-state index contributed by atoms with van der Waals surface area (Å²) in [6.07, 6.45) is 1.69. The number of H-pyrrole nitrogens is 1. The first kappa shape index (κ1) is 10.5. The molecule has 0 aliphatic heterocycles. The van der Waals surface area contributed by atoms with Crippen LogP contribution in [0.25, 0.3) is 10.9 Å². The molecule has 0 bridgehead atoms. The summed E-state index contributed by atoms with van der Waals surface area (Å²) in [7, 11) is 0. The maximum Gasteiger partial charge on any atom is 0.360 e. The van der Waals surface area contributed by atoms with Gasteiger partial charge in [-0.3, -0.25) is 0 Å². The van der Waals surface area contributed by atoms with Gasteiger partial charge in [0.15, 0.2) is 11.4 Å². The van der Waals surface area contributed by atoms with Gasteiger partial charge >= 0.3 is 5.97 Å². The Morgan fingerprint density at radius 2 is 2.38 bits per heavy atom. The van der Waals surface area contributed by atoms with Gasteiger partial charge in [0.25, 0.3) is 0 Å². The Hall–Kier alpha value is -2.04. The molecule has 2 rings (SSSR count). The van der Waals surface area contributed by atoms with Gasteiger partial charge in [-0.1, -0.05) is 0 Å². The maximum atomic E-state index is 11.5. The topological polar surface area (TPSA) is 75.2 Å². The molecule has 0 aromatic carbocycles. The van der Waals surface area contributed by atoms with Crippen molar-refractivity contribution in [2.45, 2.75) is 13.8 Å². The Morgan fingerprint density at radius 1 is 1.62 bits per heavy atom. The van der Waals surface area contributed by atoms with Crippen molar-refractivity contribution < 1.29 is 14.6 Å². The van der Waals surface area contributed by atoms with Gasteiger partial charge in [0, 0.05) is 11.6 Å². The Morgan fingerprint density at radius 3 is 3.06 bits per heavy atom. The highest BCUT2D eigenvalue weighted by atomic mass is 16.5. The van der Waals surface area contributed by atoms with Crippen LogP contribution in [0.5, 0.6) is 5.75 Å². The summed E-state index contributed by atoms with van der Waals surface area (Å²) in [5.74, 6) is -0.744. The van der Waals surface area contributed by atoms with Crippen LogP contribution in [-0.4, -0.2) is 27.7 Å². The first-order chi connectivity index (χ1) is 7.65. The minimum absolute atomic E-state index is 0.0357. The highest BCUT2D eigenvalue weighted by Gasteiger charge is 2.18. The van der Waals surface area contributed by atoms with Crippen LogP contribution in [0.15, 0.2) is 12.3 Å². The molecule has 5 heteroatoms. The monoisotopic (exact) mass is 220 g/mol. The third-order valence-corrected chi connectivity index (χ3v) is 2.34. The van der Waals surface area contributed by atoms with Crippen molar-refractivity contribution in [3.63, 3.8) is 0 Å². The molecule has 0 radical (unpaired) electrons. The molecule has 0 spiro atoms. The Balaban J connectivity index is 2.62. The van der Waals surface area contributed by atoms with E-state index in [0.29, 0.717) is 11.1 Å². The average Bonchev–Trinajstić information content (AvgIpc) is 2.73. The Labute approximate surface area is 92.1 Å². The molecule has 0 saturated carbocycles. The van der Waals surface area contributed by atoms with E-state index in [4.69, 9.17) is 4.74 Å². The van der Waals surface area contributed by atoms with Crippen LogP contribution in [0.2, 0.25) is 0 Å². The molecule has 0 atom stereocenters. The van der Waals surface area contributed by atoms with Gasteiger partial charge in [-0.05, 0) is 19.9 Å². The Bertz CT molecular complexity index is 545. The minimum Gasteiger partial charge on any atom is -0.505 e. The van der Waals surface area contributed by atoms with Crippen LogP contribution < -0.4 is 0 Å². The number of nitrogens with one attached hydrogen (secondary N) is 1. The molecule has 16 heavy (non-hydrogen) atoms. The largest absolute Gasteiger partial charge is 0.505 e. The third kappa shape index (κ3) is 1.50. The predicted molar refractivity (Wildman–Crippen MR) is 58.5 cm³/mol. The summed E-state index contributed by atoms with van der Waals surface area (Å²) < 4.78 is 4.82. The van der Waals surface area contributed by atoms with Crippen molar-refractivity contribution in [3.8, 4) is 5.75 Å². The highest BCUT2D eigenvalue weighted by molar-refractivity contribution is 5.99. The molecule has 0 amide bonds. The lowest BCUT2D eigenvalue weighted by atomic mass is 10.2. The molecule has 2 heterocycles. The molecular weight excluding hydrogens is 208 g/mol. The van der Waals surface area contributed by atoms with E-state index in [2.05, 4.69) is 9.97 Å². The standard InChI is InChI=1S/C11H12N2O3/c1-3-16-11(15)9-10(14)7-4-5-12-8(7)6(2)13-9/h4-5,12,14H,3H2,1-2H3. The van der Waals surface area contributed by atoms with E-state index in [-0.39, 0.29) is 18.1 Å². The molecule has 0 fully saturated rings. The van der Waals surface area contributed by atoms with Crippen molar-refractivity contribution >= 4 is 16.9 Å². The Kier molecular flexibility index (Phi) is 2.52. The zero-order valence-corrected chi connectivity index (χ0v) is 9.07. The first-order valence-corrected chi connectivity index (χ1v) is 4.99. The number of hydrogen-bond acceptors (Lipinski definition) is 4. The van der Waals surface area contributed by atoms with Crippen LogP contribution in [0, 0.1) is 6.92 Å². The van der Waals surface area contributed by atoms with E-state index in [1.165, 1.54) is 0 Å². The summed E-state index contributed by atoms with van der Waals surface area (Å²) in [6.45, 7) is 3.72. The smallest absolute Gasteiger partial charge is 0.360 e. The van der Waals surface area contributed by atoms with Gasteiger partial charge in [-0.15, -0.1) is 0 Å². The molecule has 0 unspecified atom stereocenters. The fourth-order valence-electron chi connectivity index (χ4n) is 1.61. The zero-order chi connectivity index (χ0) is 11.7. The van der Waals surface area contributed by atoms with Gasteiger partial charge in [-0.2, -0.15) is 0 Å². The molecule has 5 nitrogen and oxygen atoms in total. The number of fused-ring (bicyclic) bond motifs is 1. The molecule has 2 N–H and O–H groups in total. The van der Waals surface area contributed by atoms with E-state index in [1.807, 2.05) is 0 Å². The molecule has 84 valence electrons. The van der Waals surface area contributed by atoms with E-state index in [1.54, 1.807) is 26.1 Å². The average molecular weight is 220 g/mol. The van der Waals surface area contributed by atoms with Crippen molar-refractivity contribution in [2.75, 3.05) is 6.61 Å². The molecular formula is C11H12N2O3. The van der Waals surface area contributed by atoms with Gasteiger partial charge in [-0.25, -0.2) is 9.78 Å². The lowest BCUT2D eigenvalue weighted by molar-refractivity contribution is 0.0516. The fourth-order valence-corrected chi connectivity index (χ4v) is 1.61. The molecule has 0 aliphatic carbocycles. The van der Waals surface area contributed by atoms with E-state index in [0.717, 1.165) is 5.52 Å². The van der Waals surface area contributed by atoms with Crippen LogP contribution in [0.3, 0.4) is 0 Å². The van der Waals surface area contributed by atoms with Crippen molar-refractivity contribution in [2.24, 2.45) is 0 Å². The number of aromatic hydroxyl groups is 1. The lowest BCUT2D eigenvalue weighted by Gasteiger charge is -2.06. The SMILES string of the molecule is CCOC(=O)c1nc(C)c2[nH]ccc2c1O. The van der Waals surface area contributed by atoms with Gasteiger partial charge in [0.1, 0.15) is 0 Å². The number of pyridine rings is 1. The first-order valence-electron chi connectivity index (χ1n) is 4.99. The van der Waals surface area contributed by atoms with Gasteiger partial charge in [0.2, 0.25) is 0 Å². The maximum absolute atomic E-state index is 11.5. The minimum atomic E-state index is -0.605. The second-order valence-corrected chi connectivity index (χ2v) is 3.38. The number of aromatic nitrogens is 2. The number of aryl methyl sites for hydroxylation is 1.